The Hall–Kier alpha value is -1.46. The van der Waals surface area contributed by atoms with Crippen molar-refractivity contribution in [3.63, 3.8) is 0 Å². The molecule has 0 aliphatic carbocycles. The minimum Gasteiger partial charge on any atom is -0.444 e. The summed E-state index contributed by atoms with van der Waals surface area (Å²) in [5.41, 5.74) is 6.83. The maximum atomic E-state index is 12.0. The lowest BCUT2D eigenvalue weighted by atomic mass is 9.97. The van der Waals surface area contributed by atoms with Gasteiger partial charge in [-0.25, -0.2) is 4.79 Å². The summed E-state index contributed by atoms with van der Waals surface area (Å²) in [7, 11) is 0. The maximum Gasteiger partial charge on any atom is 0.410 e. The second kappa shape index (κ2) is 5.67. The zero-order valence-corrected chi connectivity index (χ0v) is 12.0. The standard InChI is InChI=1S/C12H22N4O3/c1-11(2,3)19-10(17)16-6-5-9(14-15-13)7-12(4,18)8-16/h9,18H,5-8H2,1-4H3/t9-,12+/m0/s1. The fourth-order valence-corrected chi connectivity index (χ4v) is 2.12. The Morgan fingerprint density at radius 3 is 2.74 bits per heavy atom. The van der Waals surface area contributed by atoms with Crippen molar-refractivity contribution >= 4 is 6.09 Å². The van der Waals surface area contributed by atoms with E-state index in [0.717, 1.165) is 0 Å². The van der Waals surface area contributed by atoms with Crippen LogP contribution in [0.3, 0.4) is 0 Å². The number of hydrogen-bond donors (Lipinski definition) is 1. The number of β-amino-alcohol motifs (C(OH)–C–C–N with tert-alkyl or cyclic N) is 1. The number of carbonyl (C=O) groups excluding carboxylic acids is 1. The van der Waals surface area contributed by atoms with E-state index >= 15 is 0 Å². The Bertz CT molecular complexity index is 383. The van der Waals surface area contributed by atoms with Crippen molar-refractivity contribution < 1.29 is 14.6 Å². The minimum atomic E-state index is -1.08. The van der Waals surface area contributed by atoms with Gasteiger partial charge in [0.05, 0.1) is 12.1 Å². The Balaban J connectivity index is 2.76. The Labute approximate surface area is 113 Å². The van der Waals surface area contributed by atoms with Crippen LogP contribution < -0.4 is 0 Å². The summed E-state index contributed by atoms with van der Waals surface area (Å²) in [5, 5.41) is 13.9. The molecule has 1 fully saturated rings. The molecule has 19 heavy (non-hydrogen) atoms. The van der Waals surface area contributed by atoms with Gasteiger partial charge < -0.3 is 14.7 Å². The van der Waals surface area contributed by atoms with Crippen LogP contribution in [0.1, 0.15) is 40.5 Å². The van der Waals surface area contributed by atoms with E-state index in [9.17, 15) is 9.90 Å². The lowest BCUT2D eigenvalue weighted by Gasteiger charge is -2.30. The molecule has 0 aromatic rings. The van der Waals surface area contributed by atoms with Crippen LogP contribution in [0.2, 0.25) is 0 Å². The molecule has 0 bridgehead atoms. The van der Waals surface area contributed by atoms with Crippen molar-refractivity contribution in [1.82, 2.24) is 4.90 Å². The predicted octanol–water partition coefficient (Wildman–Crippen LogP) is 2.45. The predicted molar refractivity (Wildman–Crippen MR) is 70.6 cm³/mol. The van der Waals surface area contributed by atoms with E-state index < -0.39 is 17.3 Å². The topological polar surface area (TPSA) is 98.5 Å². The van der Waals surface area contributed by atoms with Crippen LogP contribution in [0.25, 0.3) is 10.4 Å². The van der Waals surface area contributed by atoms with Crippen LogP contribution >= 0.6 is 0 Å². The van der Waals surface area contributed by atoms with Crippen LogP contribution in [0.4, 0.5) is 4.79 Å². The molecule has 1 aliphatic heterocycles. The molecule has 1 rings (SSSR count). The molecule has 108 valence electrons. The van der Waals surface area contributed by atoms with E-state index in [1.54, 1.807) is 27.7 Å². The molecule has 0 saturated carbocycles. The molecule has 0 aromatic heterocycles. The van der Waals surface area contributed by atoms with E-state index in [4.69, 9.17) is 10.3 Å². The Kier molecular flexibility index (Phi) is 4.66. The van der Waals surface area contributed by atoms with Gasteiger partial charge in [0.15, 0.2) is 0 Å². The molecule has 7 heteroatoms. The highest BCUT2D eigenvalue weighted by molar-refractivity contribution is 5.68. The summed E-state index contributed by atoms with van der Waals surface area (Å²) in [6.07, 6.45) is 0.421. The van der Waals surface area contributed by atoms with E-state index in [-0.39, 0.29) is 12.6 Å². The second-order valence-corrected chi connectivity index (χ2v) is 6.25. The Morgan fingerprint density at radius 1 is 1.58 bits per heavy atom. The number of likely N-dealkylation sites (tertiary alicyclic amines) is 1. The maximum absolute atomic E-state index is 12.0. The number of nitrogens with zero attached hydrogens (tertiary/aromatic N) is 4. The van der Waals surface area contributed by atoms with E-state index in [1.807, 2.05) is 0 Å². The number of azide groups is 1. The smallest absolute Gasteiger partial charge is 0.410 e. The lowest BCUT2D eigenvalue weighted by molar-refractivity contribution is -0.00639. The van der Waals surface area contributed by atoms with E-state index in [0.29, 0.717) is 19.4 Å². The summed E-state index contributed by atoms with van der Waals surface area (Å²) < 4.78 is 5.29. The van der Waals surface area contributed by atoms with Crippen molar-refractivity contribution in [2.75, 3.05) is 13.1 Å². The normalized spacial score (nSPS) is 28.3. The fraction of sp³-hybridized carbons (Fsp3) is 0.917. The van der Waals surface area contributed by atoms with Gasteiger partial charge in [-0.1, -0.05) is 5.11 Å². The Morgan fingerprint density at radius 2 is 2.21 bits per heavy atom. The molecule has 2 atom stereocenters. The molecule has 7 nitrogen and oxygen atoms in total. The minimum absolute atomic E-state index is 0.180. The first-order valence-corrected chi connectivity index (χ1v) is 6.37. The van der Waals surface area contributed by atoms with Gasteiger partial charge in [-0.2, -0.15) is 0 Å². The number of carbonyl (C=O) groups is 1. The highest BCUT2D eigenvalue weighted by Gasteiger charge is 2.35. The van der Waals surface area contributed by atoms with Crippen LogP contribution in [-0.2, 0) is 4.74 Å². The van der Waals surface area contributed by atoms with Crippen molar-refractivity contribution in [3.05, 3.63) is 10.4 Å². The molecule has 1 heterocycles. The first-order valence-electron chi connectivity index (χ1n) is 6.37. The number of aliphatic hydroxyl groups is 1. The zero-order chi connectivity index (χ0) is 14.7. The molecule has 1 aliphatic rings. The van der Waals surface area contributed by atoms with Crippen LogP contribution in [0.5, 0.6) is 0 Å². The van der Waals surface area contributed by atoms with Gasteiger partial charge in [-0.3, -0.25) is 0 Å². The van der Waals surface area contributed by atoms with E-state index in [1.165, 1.54) is 4.90 Å². The monoisotopic (exact) mass is 270 g/mol. The first-order chi connectivity index (χ1) is 8.63. The van der Waals surface area contributed by atoms with Gasteiger partial charge >= 0.3 is 6.09 Å². The summed E-state index contributed by atoms with van der Waals surface area (Å²) >= 11 is 0. The summed E-state index contributed by atoms with van der Waals surface area (Å²) in [6, 6.07) is -0.299. The lowest BCUT2D eigenvalue weighted by Crippen LogP contribution is -2.44. The quantitative estimate of drug-likeness (QED) is 0.450. The average molecular weight is 270 g/mol. The third kappa shape index (κ3) is 5.36. The average Bonchev–Trinajstić information content (AvgIpc) is 2.34. The van der Waals surface area contributed by atoms with Crippen LogP contribution in [-0.4, -0.2) is 46.4 Å². The van der Waals surface area contributed by atoms with Crippen molar-refractivity contribution in [2.45, 2.75) is 57.8 Å². The summed E-state index contributed by atoms with van der Waals surface area (Å²) in [4.78, 5) is 16.3. The third-order valence-corrected chi connectivity index (χ3v) is 2.81. The molecule has 1 saturated heterocycles. The molecule has 0 unspecified atom stereocenters. The van der Waals surface area contributed by atoms with Gasteiger partial charge in [-0.15, -0.1) is 0 Å². The third-order valence-electron chi connectivity index (χ3n) is 2.81. The summed E-state index contributed by atoms with van der Waals surface area (Å²) in [6.45, 7) is 7.61. The van der Waals surface area contributed by atoms with Gasteiger partial charge in [0.25, 0.3) is 0 Å². The molecule has 0 radical (unpaired) electrons. The molecular formula is C12H22N4O3. The number of rotatable bonds is 1. The van der Waals surface area contributed by atoms with Crippen molar-refractivity contribution in [3.8, 4) is 0 Å². The molecule has 0 spiro atoms. The van der Waals surface area contributed by atoms with Gasteiger partial charge in [0, 0.05) is 17.5 Å². The molecule has 1 N–H and O–H groups in total. The number of hydrogen-bond acceptors (Lipinski definition) is 4. The van der Waals surface area contributed by atoms with E-state index in [2.05, 4.69) is 10.0 Å². The fourth-order valence-electron chi connectivity index (χ4n) is 2.12. The highest BCUT2D eigenvalue weighted by atomic mass is 16.6. The second-order valence-electron chi connectivity index (χ2n) is 6.25. The van der Waals surface area contributed by atoms with Crippen molar-refractivity contribution in [2.24, 2.45) is 5.11 Å². The van der Waals surface area contributed by atoms with Crippen LogP contribution in [0, 0.1) is 0 Å². The highest BCUT2D eigenvalue weighted by Crippen LogP contribution is 2.24. The molecular weight excluding hydrogens is 248 g/mol. The number of amides is 1. The van der Waals surface area contributed by atoms with Crippen molar-refractivity contribution in [1.29, 1.82) is 0 Å². The first kappa shape index (κ1) is 15.6. The van der Waals surface area contributed by atoms with Gasteiger partial charge in [0.2, 0.25) is 0 Å². The van der Waals surface area contributed by atoms with Gasteiger partial charge in [-0.05, 0) is 46.1 Å². The SMILES string of the molecule is CC(C)(C)OC(=O)N1CC[C@H](N=[N+]=[N-])C[C@@](C)(O)C1. The van der Waals surface area contributed by atoms with Crippen LogP contribution in [0.15, 0.2) is 5.11 Å². The largest absolute Gasteiger partial charge is 0.444 e. The molecule has 1 amide bonds. The molecule has 0 aromatic carbocycles. The zero-order valence-electron chi connectivity index (χ0n) is 12.0. The van der Waals surface area contributed by atoms with Gasteiger partial charge in [0.1, 0.15) is 5.60 Å². The number of ether oxygens (including phenoxy) is 1. The summed E-state index contributed by atoms with van der Waals surface area (Å²) in [5.74, 6) is 0.